The molecule has 13 heteroatoms. The van der Waals surface area contributed by atoms with Crippen LogP contribution in [-0.4, -0.2) is 89.5 Å². The number of likely N-dealkylation sites (tertiary alicyclic amines) is 1. The van der Waals surface area contributed by atoms with E-state index in [0.717, 1.165) is 102 Å². The van der Waals surface area contributed by atoms with Crippen molar-refractivity contribution in [2.45, 2.75) is 69.8 Å². The van der Waals surface area contributed by atoms with E-state index in [1.165, 1.54) is 12.0 Å². The fourth-order valence-electron chi connectivity index (χ4n) is 7.64. The van der Waals surface area contributed by atoms with Gasteiger partial charge in [-0.2, -0.15) is 0 Å². The molecule has 3 amide bonds. The van der Waals surface area contributed by atoms with E-state index in [0.29, 0.717) is 29.8 Å². The molecule has 4 aliphatic rings. The number of carbonyl (C=O) groups is 3. The van der Waals surface area contributed by atoms with Crippen molar-refractivity contribution in [2.75, 3.05) is 60.9 Å². The maximum absolute atomic E-state index is 12.1. The number of piperidine rings is 4. The molecule has 3 aromatic rings. The second-order valence-electron chi connectivity index (χ2n) is 14.0. The van der Waals surface area contributed by atoms with E-state index < -0.39 is 12.0 Å². The predicted molar refractivity (Wildman–Crippen MR) is 191 cm³/mol. The predicted octanol–water partition coefficient (Wildman–Crippen LogP) is 3.98. The molecule has 1 atom stereocenters. The van der Waals surface area contributed by atoms with Crippen LogP contribution in [0.15, 0.2) is 48.8 Å². The normalized spacial score (nSPS) is 21.2. The first-order chi connectivity index (χ1) is 24.4. The lowest BCUT2D eigenvalue weighted by Crippen LogP contribution is -2.46. The van der Waals surface area contributed by atoms with Crippen LogP contribution in [-0.2, 0) is 9.59 Å². The monoisotopic (exact) mass is 681 g/mol. The fourth-order valence-corrected chi connectivity index (χ4v) is 7.64. The summed E-state index contributed by atoms with van der Waals surface area (Å²) >= 11 is 0. The second kappa shape index (κ2) is 15.4. The number of benzene rings is 1. The van der Waals surface area contributed by atoms with Crippen LogP contribution >= 0.6 is 0 Å². The van der Waals surface area contributed by atoms with Crippen LogP contribution in [0.25, 0.3) is 0 Å². The minimum atomic E-state index is -0.655. The molecule has 0 radical (unpaired) electrons. The largest absolute Gasteiger partial charge is 0.479 e. The highest BCUT2D eigenvalue weighted by molar-refractivity contribution is 6.00. The van der Waals surface area contributed by atoms with Crippen LogP contribution in [0, 0.1) is 5.92 Å². The molecule has 0 spiro atoms. The number of ether oxygens (including phenoxy) is 1. The Morgan fingerprint density at radius 1 is 0.840 bits per heavy atom. The zero-order chi connectivity index (χ0) is 34.5. The second-order valence-corrected chi connectivity index (χ2v) is 14.0. The Kier molecular flexibility index (Phi) is 10.4. The number of anilines is 4. The molecule has 0 saturated carbocycles. The van der Waals surface area contributed by atoms with Gasteiger partial charge in [0, 0.05) is 51.3 Å². The van der Waals surface area contributed by atoms with Crippen LogP contribution in [0.1, 0.15) is 79.8 Å². The van der Waals surface area contributed by atoms with Gasteiger partial charge in [0.15, 0.2) is 17.6 Å². The Morgan fingerprint density at radius 3 is 2.26 bits per heavy atom. The number of hydrogen-bond donors (Lipinski definition) is 3. The maximum Gasteiger partial charge on any atom is 0.271 e. The first-order valence-corrected chi connectivity index (χ1v) is 18.1. The van der Waals surface area contributed by atoms with E-state index in [2.05, 4.69) is 59.6 Å². The SMILES string of the molecule is NC(=O)c1ncc(N2CCCCC2)nc1Nc1ccc(C2CCN(CC3CCN(c4ccc(OC5CCC(=O)NC5=O)cn4)CC3)CC2)cc1. The number of hydrogen-bond acceptors (Lipinski definition) is 11. The van der Waals surface area contributed by atoms with Gasteiger partial charge in [0.05, 0.1) is 12.4 Å². The Bertz CT molecular complexity index is 1650. The van der Waals surface area contributed by atoms with Gasteiger partial charge in [-0.3, -0.25) is 19.7 Å². The van der Waals surface area contributed by atoms with Crippen LogP contribution in [0.3, 0.4) is 0 Å². The number of carbonyl (C=O) groups excluding carboxylic acids is 3. The molecule has 50 heavy (non-hydrogen) atoms. The zero-order valence-corrected chi connectivity index (χ0v) is 28.6. The lowest BCUT2D eigenvalue weighted by molar-refractivity contribution is -0.138. The lowest BCUT2D eigenvalue weighted by Gasteiger charge is -2.38. The number of nitrogens with one attached hydrogen (secondary N) is 2. The van der Waals surface area contributed by atoms with Gasteiger partial charge in [-0.1, -0.05) is 12.1 Å². The van der Waals surface area contributed by atoms with E-state index in [-0.39, 0.29) is 23.9 Å². The van der Waals surface area contributed by atoms with Gasteiger partial charge < -0.3 is 30.5 Å². The van der Waals surface area contributed by atoms with Gasteiger partial charge in [-0.25, -0.2) is 15.0 Å². The van der Waals surface area contributed by atoms with Crippen molar-refractivity contribution in [1.29, 1.82) is 0 Å². The molecule has 6 heterocycles. The molecule has 2 aromatic heterocycles. The average Bonchev–Trinajstić information content (AvgIpc) is 3.14. The molecule has 4 fully saturated rings. The summed E-state index contributed by atoms with van der Waals surface area (Å²) in [6, 6.07) is 12.3. The first-order valence-electron chi connectivity index (χ1n) is 18.1. The highest BCUT2D eigenvalue weighted by Gasteiger charge is 2.29. The van der Waals surface area contributed by atoms with E-state index in [9.17, 15) is 14.4 Å². The minimum Gasteiger partial charge on any atom is -0.479 e. The number of aromatic nitrogens is 3. The Balaban J connectivity index is 0.855. The van der Waals surface area contributed by atoms with Crippen molar-refractivity contribution in [2.24, 2.45) is 11.7 Å². The zero-order valence-electron chi connectivity index (χ0n) is 28.6. The minimum absolute atomic E-state index is 0.150. The molecule has 0 aliphatic carbocycles. The van der Waals surface area contributed by atoms with E-state index in [1.54, 1.807) is 12.4 Å². The summed E-state index contributed by atoms with van der Waals surface area (Å²) in [7, 11) is 0. The molecule has 1 aromatic carbocycles. The Morgan fingerprint density at radius 2 is 1.58 bits per heavy atom. The highest BCUT2D eigenvalue weighted by atomic mass is 16.5. The summed E-state index contributed by atoms with van der Waals surface area (Å²) in [5.41, 5.74) is 7.98. The van der Waals surface area contributed by atoms with Crippen LogP contribution in [0.4, 0.5) is 23.1 Å². The third kappa shape index (κ3) is 8.15. The number of imide groups is 1. The smallest absolute Gasteiger partial charge is 0.271 e. The number of pyridine rings is 1. The number of nitrogens with two attached hydrogens (primary N) is 1. The molecule has 13 nitrogen and oxygen atoms in total. The van der Waals surface area contributed by atoms with Gasteiger partial charge >= 0.3 is 0 Å². The van der Waals surface area contributed by atoms with Gasteiger partial charge in [0.2, 0.25) is 5.91 Å². The lowest BCUT2D eigenvalue weighted by atomic mass is 9.88. The van der Waals surface area contributed by atoms with Crippen molar-refractivity contribution in [3.05, 3.63) is 60.0 Å². The van der Waals surface area contributed by atoms with E-state index in [1.807, 2.05) is 12.1 Å². The van der Waals surface area contributed by atoms with E-state index >= 15 is 0 Å². The summed E-state index contributed by atoms with van der Waals surface area (Å²) in [6.07, 6.45) is 11.4. The van der Waals surface area contributed by atoms with Gasteiger partial charge in [0.25, 0.3) is 11.8 Å². The summed E-state index contributed by atoms with van der Waals surface area (Å²) in [6.45, 7) is 7.16. The van der Waals surface area contributed by atoms with E-state index in [4.69, 9.17) is 15.5 Å². The third-order valence-electron chi connectivity index (χ3n) is 10.5. The topological polar surface area (TPSA) is 159 Å². The Hall–Kier alpha value is -4.78. The van der Waals surface area contributed by atoms with Gasteiger partial charge in [-0.15, -0.1) is 0 Å². The summed E-state index contributed by atoms with van der Waals surface area (Å²) in [5, 5.41) is 5.63. The molecule has 4 saturated heterocycles. The van der Waals surface area contributed by atoms with Crippen molar-refractivity contribution >= 4 is 40.9 Å². The van der Waals surface area contributed by atoms with Crippen molar-refractivity contribution in [3.63, 3.8) is 0 Å². The molecule has 4 N–H and O–H groups in total. The molecule has 264 valence electrons. The summed E-state index contributed by atoms with van der Waals surface area (Å²) < 4.78 is 5.78. The number of nitrogens with zero attached hydrogens (tertiary/aromatic N) is 6. The molecular weight excluding hydrogens is 634 g/mol. The number of primary amides is 1. The average molecular weight is 682 g/mol. The Labute approximate surface area is 293 Å². The standard InChI is InChI=1S/C37H47N9O4/c38-35(48)34-36(42-32(23-40-34)45-16-2-1-3-17-45)41-28-6-4-26(5-7-28)27-14-18-44(19-15-27)24-25-12-20-46(21-13-25)31-10-8-29(22-39-31)50-30-9-11-33(47)43-37(30)49/h4-8,10,22-23,25,27,30H,1-3,9,11-21,24H2,(H2,38,48)(H,41,42)(H,43,47,49). The van der Waals surface area contributed by atoms with Crippen LogP contribution in [0.5, 0.6) is 5.75 Å². The first kappa shape index (κ1) is 33.7. The van der Waals surface area contributed by atoms with Crippen molar-refractivity contribution in [3.8, 4) is 5.75 Å². The molecule has 4 aliphatic heterocycles. The fraction of sp³-hybridized carbons (Fsp3) is 0.514. The maximum atomic E-state index is 12.1. The number of rotatable bonds is 10. The third-order valence-corrected chi connectivity index (χ3v) is 10.5. The van der Waals surface area contributed by atoms with Crippen molar-refractivity contribution in [1.82, 2.24) is 25.2 Å². The van der Waals surface area contributed by atoms with Crippen LogP contribution in [0.2, 0.25) is 0 Å². The van der Waals surface area contributed by atoms with Crippen LogP contribution < -0.4 is 30.9 Å². The molecule has 7 rings (SSSR count). The summed E-state index contributed by atoms with van der Waals surface area (Å²) in [5.74, 6) is 2.60. The molecule has 1 unspecified atom stereocenters. The molecule has 0 bridgehead atoms. The van der Waals surface area contributed by atoms with Gasteiger partial charge in [-0.05, 0) is 99.7 Å². The molecular formula is C37H47N9O4. The quantitative estimate of drug-likeness (QED) is 0.266. The number of amides is 3. The van der Waals surface area contributed by atoms with Crippen molar-refractivity contribution < 1.29 is 19.1 Å². The van der Waals surface area contributed by atoms with Gasteiger partial charge in [0.1, 0.15) is 17.4 Å². The summed E-state index contributed by atoms with van der Waals surface area (Å²) in [4.78, 5) is 56.4. The highest BCUT2D eigenvalue weighted by Crippen LogP contribution is 2.32.